The van der Waals surface area contributed by atoms with Crippen molar-refractivity contribution in [1.82, 2.24) is 54.8 Å². The van der Waals surface area contributed by atoms with Crippen molar-refractivity contribution in [3.05, 3.63) is 492 Å². The van der Waals surface area contributed by atoms with E-state index in [0.29, 0.717) is 46.6 Å². The maximum Gasteiger partial charge on any atom is 0.164 e. The smallest absolute Gasteiger partial charge is 0.164 e. The molecule has 0 saturated carbocycles. The molecule has 0 unspecified atom stereocenters. The van der Waals surface area contributed by atoms with Gasteiger partial charge >= 0.3 is 0 Å². The van der Waals surface area contributed by atoms with E-state index in [9.17, 15) is 0 Å². The van der Waals surface area contributed by atoms with Crippen molar-refractivity contribution >= 4 is 97.0 Å². The average Bonchev–Trinajstić information content (AvgIpc) is 0.746. The van der Waals surface area contributed by atoms with Crippen molar-refractivity contribution in [3.63, 3.8) is 0 Å². The molecule has 0 fully saturated rings. The molecular weight excluding hydrogens is 1680 g/mol. The van der Waals surface area contributed by atoms with Gasteiger partial charge in [0.05, 0.1) is 0 Å². The number of rotatable bonds is 14. The molecule has 138 heavy (non-hydrogen) atoms. The molecule has 0 saturated heterocycles. The highest BCUT2D eigenvalue weighted by molar-refractivity contribution is 6.28. The van der Waals surface area contributed by atoms with Gasteiger partial charge in [0.1, 0.15) is 6.33 Å². The Bertz CT molecular complexity index is 8520. The van der Waals surface area contributed by atoms with Gasteiger partial charge in [-0.05, 0) is 206 Å². The van der Waals surface area contributed by atoms with Gasteiger partial charge in [0, 0.05) is 69.3 Å². The molecule has 0 bridgehead atoms. The van der Waals surface area contributed by atoms with Crippen LogP contribution in [-0.2, 0) is 0 Å². The Hall–Kier alpha value is -18.7. The molecule has 644 valence electrons. The molecule has 26 aromatic rings. The Morgan fingerprint density at radius 1 is 0.109 bits per heavy atom. The number of benzene rings is 21. The van der Waals surface area contributed by atoms with E-state index in [1.807, 2.05) is 133 Å². The molecule has 11 heteroatoms. The summed E-state index contributed by atoms with van der Waals surface area (Å²) in [4.78, 5) is 51.8. The van der Waals surface area contributed by atoms with Crippen molar-refractivity contribution in [2.45, 2.75) is 0 Å². The minimum atomic E-state index is 0.593. The number of hydrogen-bond acceptors (Lipinski definition) is 11. The molecule has 0 N–H and O–H groups in total. The van der Waals surface area contributed by atoms with E-state index in [-0.39, 0.29) is 0 Å². The van der Waals surface area contributed by atoms with Crippen LogP contribution in [0.1, 0.15) is 0 Å². The largest absolute Gasteiger partial charge is 0.265 e. The quantitative estimate of drug-likeness (QED) is 0.0960. The molecule has 11 nitrogen and oxygen atoms in total. The summed E-state index contributed by atoms with van der Waals surface area (Å²) in [5.74, 6) is 5.09. The van der Waals surface area contributed by atoms with Gasteiger partial charge in [0.25, 0.3) is 0 Å². The van der Waals surface area contributed by atoms with Crippen LogP contribution in [0.5, 0.6) is 0 Å². The van der Waals surface area contributed by atoms with Crippen LogP contribution in [0.15, 0.2) is 492 Å². The first-order valence-electron chi connectivity index (χ1n) is 46.2. The van der Waals surface area contributed by atoms with Crippen molar-refractivity contribution in [2.75, 3.05) is 0 Å². The summed E-state index contributed by atoms with van der Waals surface area (Å²) >= 11 is 0. The van der Waals surface area contributed by atoms with Crippen LogP contribution in [0.25, 0.3) is 255 Å². The van der Waals surface area contributed by atoms with E-state index >= 15 is 0 Å². The zero-order valence-electron chi connectivity index (χ0n) is 74.7. The topological polar surface area (TPSA) is 142 Å². The summed E-state index contributed by atoms with van der Waals surface area (Å²) in [6.45, 7) is 0. The Balaban J connectivity index is 0.000000113. The number of fused-ring (bicyclic) bond motifs is 18. The SMILES string of the molecule is c1ccc(-c2nc(-c3ccccc3)nc(-c3ccccc3-c3ccc(-c4ccc5c6ccccc6c6ccccc6c5c4)cc3)n2)cc1.c1ccc(-c2nc(-c3ccncc3)nc(-c3ccncc3)n2)c(-c2ccc(-c3ccc4c5ccccc5c5ccccc5c4c3)cc2)c1.c1ccc(-c2ncnc(-c3ccccc3-c3ccc(-c4ccc5c6ccccc6c6ccccc6c5c4)cc3)n2)cc1. The average molecular weight is 1760 g/mol. The van der Waals surface area contributed by atoms with E-state index in [0.717, 1.165) is 83.5 Å². The zero-order valence-corrected chi connectivity index (χ0v) is 74.7. The third kappa shape index (κ3) is 16.0. The fraction of sp³-hybridized carbons (Fsp3) is 0. The second kappa shape index (κ2) is 36.5. The summed E-state index contributed by atoms with van der Waals surface area (Å²) in [6.07, 6.45) is 8.60. The third-order valence-electron chi connectivity index (χ3n) is 26.1. The Labute approximate surface area is 796 Å². The van der Waals surface area contributed by atoms with E-state index < -0.39 is 0 Å². The molecule has 0 aliphatic rings. The number of aromatic nitrogens is 11. The standard InChI is InChI=1S/C45H29N3.C43H27N5.C39H25N3/c1-3-13-32(14-4-1)43-46-44(33-15-5-2-6-16-33)48-45(47-43)41-22-12-7-17-35(41)31-25-23-30(24-26-31)34-27-28-40-38-20-9-8-18-36(38)37-19-10-11-21-39(37)42(40)29-34;1-6-12-39(43-47-41(30-19-23-44-24-20-30)46-42(48-43)31-21-25-45-26-22-31)33(7-1)29-15-13-28(14-16-29)32-17-18-38-36-10-3-2-8-34(36)35-9-4-5-11-37(35)40(38)27-32;1-2-10-28(11-3-1)38-40-25-41-39(42-38)36-17-9-4-12-30(36)27-20-18-26(19-21-27)29-22-23-35-33-15-6-5-13-31(33)32-14-7-8-16-34(32)37(35)24-29/h1-29H;1-27H;1-25H. The zero-order chi connectivity index (χ0) is 91.6. The molecule has 5 aromatic heterocycles. The molecule has 5 heterocycles. The van der Waals surface area contributed by atoms with E-state index in [1.54, 1.807) is 31.1 Å². The maximum absolute atomic E-state index is 5.00. The molecule has 0 radical (unpaired) electrons. The van der Waals surface area contributed by atoms with Gasteiger partial charge in [-0.2, -0.15) is 0 Å². The van der Waals surface area contributed by atoms with Crippen LogP contribution in [0.2, 0.25) is 0 Å². The molecule has 26 rings (SSSR count). The minimum absolute atomic E-state index is 0.593. The van der Waals surface area contributed by atoms with Crippen molar-refractivity contribution < 1.29 is 0 Å². The van der Waals surface area contributed by atoms with E-state index in [1.165, 1.54) is 125 Å². The normalized spacial score (nSPS) is 11.3. The predicted octanol–water partition coefficient (Wildman–Crippen LogP) is 32.1. The number of hydrogen-bond donors (Lipinski definition) is 0. The molecular formula is C127H81N11. The van der Waals surface area contributed by atoms with Gasteiger partial charge in [0.2, 0.25) is 0 Å². The van der Waals surface area contributed by atoms with Crippen molar-refractivity contribution in [2.24, 2.45) is 0 Å². The van der Waals surface area contributed by atoms with Crippen LogP contribution in [0.3, 0.4) is 0 Å². The lowest BCUT2D eigenvalue weighted by molar-refractivity contribution is 1.07. The van der Waals surface area contributed by atoms with Gasteiger partial charge in [0.15, 0.2) is 46.6 Å². The molecule has 0 amide bonds. The van der Waals surface area contributed by atoms with Crippen LogP contribution in [0.4, 0.5) is 0 Å². The highest BCUT2D eigenvalue weighted by Crippen LogP contribution is 2.45. The van der Waals surface area contributed by atoms with Gasteiger partial charge in [-0.15, -0.1) is 0 Å². The summed E-state index contributed by atoms with van der Waals surface area (Å²) in [7, 11) is 0. The highest BCUT2D eigenvalue weighted by Gasteiger charge is 2.22. The van der Waals surface area contributed by atoms with Crippen LogP contribution < -0.4 is 0 Å². The minimum Gasteiger partial charge on any atom is -0.265 e. The Morgan fingerprint density at radius 2 is 0.297 bits per heavy atom. The number of nitrogens with zero attached hydrogens (tertiary/aromatic N) is 11. The highest BCUT2D eigenvalue weighted by atomic mass is 15.0. The monoisotopic (exact) mass is 1760 g/mol. The summed E-state index contributed by atoms with van der Waals surface area (Å²) < 4.78 is 0. The van der Waals surface area contributed by atoms with Crippen LogP contribution >= 0.6 is 0 Å². The third-order valence-corrected chi connectivity index (χ3v) is 26.1. The lowest BCUT2D eigenvalue weighted by Gasteiger charge is -2.13. The van der Waals surface area contributed by atoms with Crippen molar-refractivity contribution in [1.29, 1.82) is 0 Å². The molecule has 21 aromatic carbocycles. The van der Waals surface area contributed by atoms with Gasteiger partial charge in [-0.25, -0.2) is 44.9 Å². The van der Waals surface area contributed by atoms with Crippen molar-refractivity contribution in [3.8, 4) is 158 Å². The first-order valence-corrected chi connectivity index (χ1v) is 46.2. The fourth-order valence-electron chi connectivity index (χ4n) is 19.4. The summed E-state index contributed by atoms with van der Waals surface area (Å²) in [5.41, 5.74) is 21.1. The first kappa shape index (κ1) is 82.4. The summed E-state index contributed by atoms with van der Waals surface area (Å²) in [6, 6.07) is 162. The lowest BCUT2D eigenvalue weighted by atomic mass is 9.91. The second-order valence-corrected chi connectivity index (χ2v) is 34.2. The second-order valence-electron chi connectivity index (χ2n) is 34.2. The predicted molar refractivity (Wildman–Crippen MR) is 569 cm³/mol. The Kier molecular flexibility index (Phi) is 21.8. The summed E-state index contributed by atoms with van der Waals surface area (Å²) in [5, 5.41) is 23.1. The number of pyridine rings is 2. The molecule has 0 aliphatic carbocycles. The Morgan fingerprint density at radius 3 is 0.580 bits per heavy atom. The van der Waals surface area contributed by atoms with E-state index in [2.05, 4.69) is 348 Å². The van der Waals surface area contributed by atoms with E-state index in [4.69, 9.17) is 34.9 Å². The molecule has 0 aliphatic heterocycles. The lowest BCUT2D eigenvalue weighted by Crippen LogP contribution is -2.01. The molecule has 0 atom stereocenters. The van der Waals surface area contributed by atoms with Gasteiger partial charge in [-0.1, -0.05) is 419 Å². The van der Waals surface area contributed by atoms with Crippen LogP contribution in [-0.4, -0.2) is 54.8 Å². The maximum atomic E-state index is 5.00. The van der Waals surface area contributed by atoms with Crippen LogP contribution in [0, 0.1) is 0 Å². The first-order chi connectivity index (χ1) is 68.4. The van der Waals surface area contributed by atoms with Gasteiger partial charge < -0.3 is 0 Å². The van der Waals surface area contributed by atoms with Gasteiger partial charge in [-0.3, -0.25) is 9.97 Å². The fourth-order valence-corrected chi connectivity index (χ4v) is 19.4. The molecule has 0 spiro atoms.